The molecule has 0 unspecified atom stereocenters. The Morgan fingerprint density at radius 2 is 1.72 bits per heavy atom. The molecule has 0 aliphatic carbocycles. The molecule has 3 aromatic rings. The van der Waals surface area contributed by atoms with E-state index in [1.807, 2.05) is 0 Å². The summed E-state index contributed by atoms with van der Waals surface area (Å²) in [7, 11) is 0. The van der Waals surface area contributed by atoms with Crippen LogP contribution in [0.25, 0.3) is 22.8 Å². The lowest BCUT2D eigenvalue weighted by atomic mass is 10.2. The number of nitrogen functional groups attached to an aromatic ring is 2. The summed E-state index contributed by atoms with van der Waals surface area (Å²) in [5, 5.41) is 19.3. The SMILES string of the molecule is Nc1nc(-c2no[n+]([O-])c2-c2csc(N)n2)cs1. The van der Waals surface area contributed by atoms with Crippen molar-refractivity contribution in [1.82, 2.24) is 15.1 Å². The second-order valence-corrected chi connectivity index (χ2v) is 5.05. The fourth-order valence-electron chi connectivity index (χ4n) is 1.42. The van der Waals surface area contributed by atoms with Gasteiger partial charge in [0.1, 0.15) is 11.4 Å². The van der Waals surface area contributed by atoms with Crippen molar-refractivity contribution in [3.05, 3.63) is 16.0 Å². The van der Waals surface area contributed by atoms with Crippen molar-refractivity contribution in [2.24, 2.45) is 0 Å². The van der Waals surface area contributed by atoms with Crippen molar-refractivity contribution >= 4 is 32.9 Å². The molecule has 0 amide bonds. The van der Waals surface area contributed by atoms with Crippen molar-refractivity contribution in [3.8, 4) is 22.8 Å². The Bertz CT molecular complexity index is 702. The van der Waals surface area contributed by atoms with Crippen LogP contribution in [0.4, 0.5) is 10.3 Å². The zero-order chi connectivity index (χ0) is 12.7. The molecule has 18 heavy (non-hydrogen) atoms. The quantitative estimate of drug-likeness (QED) is 0.662. The molecular formula is C8H6N6O2S2. The zero-order valence-corrected chi connectivity index (χ0v) is 10.4. The molecule has 0 radical (unpaired) electrons. The van der Waals surface area contributed by atoms with Crippen LogP contribution in [0.3, 0.4) is 0 Å². The molecule has 10 heteroatoms. The van der Waals surface area contributed by atoms with Gasteiger partial charge in [-0.05, 0) is 4.90 Å². The zero-order valence-electron chi connectivity index (χ0n) is 8.73. The molecule has 0 aliphatic rings. The number of rotatable bonds is 2. The molecule has 0 spiro atoms. The minimum absolute atomic E-state index is 0.174. The maximum atomic E-state index is 11.6. The van der Waals surface area contributed by atoms with Gasteiger partial charge in [-0.2, -0.15) is 0 Å². The molecule has 3 heterocycles. The summed E-state index contributed by atoms with van der Waals surface area (Å²) in [6.07, 6.45) is 0. The second kappa shape index (κ2) is 3.92. The van der Waals surface area contributed by atoms with Crippen LogP contribution in [0.5, 0.6) is 0 Å². The molecule has 0 aliphatic heterocycles. The van der Waals surface area contributed by atoms with E-state index in [1.54, 1.807) is 10.8 Å². The summed E-state index contributed by atoms with van der Waals surface area (Å²) in [5.74, 6) is 0. The van der Waals surface area contributed by atoms with Crippen LogP contribution in [-0.4, -0.2) is 15.1 Å². The highest BCUT2D eigenvalue weighted by Crippen LogP contribution is 2.30. The van der Waals surface area contributed by atoms with Gasteiger partial charge < -0.3 is 16.7 Å². The Kier molecular flexibility index (Phi) is 2.38. The molecule has 0 saturated heterocycles. The number of hydrogen-bond acceptors (Lipinski definition) is 9. The fourth-order valence-corrected chi connectivity index (χ4v) is 2.52. The van der Waals surface area contributed by atoms with E-state index in [0.29, 0.717) is 27.3 Å². The van der Waals surface area contributed by atoms with Crippen molar-refractivity contribution in [2.75, 3.05) is 11.5 Å². The minimum atomic E-state index is 0.174. The summed E-state index contributed by atoms with van der Waals surface area (Å²) >= 11 is 2.47. The lowest BCUT2D eigenvalue weighted by Crippen LogP contribution is -2.25. The first-order valence-electron chi connectivity index (χ1n) is 4.67. The minimum Gasteiger partial charge on any atom is -0.375 e. The van der Waals surface area contributed by atoms with Crippen molar-refractivity contribution in [2.45, 2.75) is 0 Å². The van der Waals surface area contributed by atoms with E-state index in [4.69, 9.17) is 11.5 Å². The summed E-state index contributed by atoms with van der Waals surface area (Å²) in [6.45, 7) is 0. The van der Waals surface area contributed by atoms with Gasteiger partial charge in [-0.1, -0.05) is 0 Å². The van der Waals surface area contributed by atoms with E-state index in [0.717, 1.165) is 0 Å². The molecule has 0 atom stereocenters. The number of nitrogens with two attached hydrogens (primary N) is 2. The number of anilines is 2. The third kappa shape index (κ3) is 1.67. The van der Waals surface area contributed by atoms with Gasteiger partial charge in [-0.25, -0.2) is 9.97 Å². The largest absolute Gasteiger partial charge is 0.375 e. The van der Waals surface area contributed by atoms with Crippen LogP contribution in [0.1, 0.15) is 0 Å². The van der Waals surface area contributed by atoms with Crippen LogP contribution in [-0.2, 0) is 0 Å². The molecular weight excluding hydrogens is 276 g/mol. The van der Waals surface area contributed by atoms with Gasteiger partial charge >= 0.3 is 0 Å². The van der Waals surface area contributed by atoms with E-state index < -0.39 is 0 Å². The Hall–Kier alpha value is -2.20. The predicted molar refractivity (Wildman–Crippen MR) is 66.5 cm³/mol. The molecule has 3 aromatic heterocycles. The van der Waals surface area contributed by atoms with Crippen LogP contribution >= 0.6 is 22.7 Å². The first kappa shape index (κ1) is 10.9. The molecule has 0 saturated carbocycles. The van der Waals surface area contributed by atoms with Crippen molar-refractivity contribution < 1.29 is 9.53 Å². The Labute approximate surface area is 108 Å². The summed E-state index contributed by atoms with van der Waals surface area (Å²) in [4.78, 5) is 8.36. The third-order valence-electron chi connectivity index (χ3n) is 2.14. The average Bonchev–Trinajstić information content (AvgIpc) is 2.99. The summed E-state index contributed by atoms with van der Waals surface area (Å²) in [5.41, 5.74) is 12.4. The topological polar surface area (TPSA) is 131 Å². The highest BCUT2D eigenvalue weighted by Gasteiger charge is 2.26. The lowest BCUT2D eigenvalue weighted by Gasteiger charge is -1.91. The summed E-state index contributed by atoms with van der Waals surface area (Å²) in [6, 6.07) is 0. The van der Waals surface area contributed by atoms with E-state index in [9.17, 15) is 5.21 Å². The molecule has 0 fully saturated rings. The Balaban J connectivity index is 2.18. The normalized spacial score (nSPS) is 10.9. The van der Waals surface area contributed by atoms with Crippen LogP contribution in [0, 0.1) is 5.21 Å². The van der Waals surface area contributed by atoms with Gasteiger partial charge in [-0.15, -0.1) is 22.7 Å². The molecule has 0 bridgehead atoms. The van der Waals surface area contributed by atoms with Gasteiger partial charge in [0.2, 0.25) is 0 Å². The van der Waals surface area contributed by atoms with Gasteiger partial charge in [0.05, 0.1) is 0 Å². The van der Waals surface area contributed by atoms with E-state index in [1.165, 1.54) is 22.7 Å². The predicted octanol–water partition coefficient (Wildman–Crippen LogP) is 0.719. The van der Waals surface area contributed by atoms with Gasteiger partial charge in [0.15, 0.2) is 10.3 Å². The van der Waals surface area contributed by atoms with E-state index in [2.05, 4.69) is 19.8 Å². The third-order valence-corrected chi connectivity index (χ3v) is 3.49. The highest BCUT2D eigenvalue weighted by molar-refractivity contribution is 7.14. The average molecular weight is 282 g/mol. The lowest BCUT2D eigenvalue weighted by molar-refractivity contribution is -0.793. The van der Waals surface area contributed by atoms with Crippen LogP contribution in [0.2, 0.25) is 0 Å². The van der Waals surface area contributed by atoms with Gasteiger partial charge in [-0.3, -0.25) is 4.63 Å². The second-order valence-electron chi connectivity index (χ2n) is 3.27. The van der Waals surface area contributed by atoms with Crippen LogP contribution < -0.4 is 16.4 Å². The van der Waals surface area contributed by atoms with E-state index >= 15 is 0 Å². The standard InChI is InChI=1S/C8H6N6O2S2/c9-7-11-3(1-17-7)5-6(14(15)16-13-5)4-2-18-8(10)12-4/h1-2H,(H2,9,11)(H2,10,12). The Morgan fingerprint density at radius 1 is 1.11 bits per heavy atom. The van der Waals surface area contributed by atoms with Crippen molar-refractivity contribution in [1.29, 1.82) is 0 Å². The molecule has 92 valence electrons. The molecule has 8 nitrogen and oxygen atoms in total. The monoisotopic (exact) mass is 282 g/mol. The van der Waals surface area contributed by atoms with E-state index in [-0.39, 0.29) is 10.6 Å². The first-order chi connectivity index (χ1) is 8.65. The number of aromatic nitrogens is 4. The smallest absolute Gasteiger partial charge is 0.277 e. The summed E-state index contributed by atoms with van der Waals surface area (Å²) < 4.78 is 4.58. The van der Waals surface area contributed by atoms with Crippen molar-refractivity contribution in [3.63, 3.8) is 0 Å². The molecule has 4 N–H and O–H groups in total. The number of thiazole rings is 2. The van der Waals surface area contributed by atoms with Crippen LogP contribution in [0.15, 0.2) is 15.4 Å². The van der Waals surface area contributed by atoms with Gasteiger partial charge in [0, 0.05) is 15.9 Å². The maximum Gasteiger partial charge on any atom is 0.277 e. The highest BCUT2D eigenvalue weighted by atomic mass is 32.1. The Morgan fingerprint density at radius 3 is 2.28 bits per heavy atom. The molecule has 0 aromatic carbocycles. The fraction of sp³-hybridized carbons (Fsp3) is 0. The first-order valence-corrected chi connectivity index (χ1v) is 6.43. The van der Waals surface area contributed by atoms with Gasteiger partial charge in [0.25, 0.3) is 11.4 Å². The molecule has 3 rings (SSSR count). The maximum absolute atomic E-state index is 11.6. The number of nitrogens with zero attached hydrogens (tertiary/aromatic N) is 4. The number of hydrogen-bond donors (Lipinski definition) is 2.